The van der Waals surface area contributed by atoms with Gasteiger partial charge in [-0.3, -0.25) is 0 Å². The monoisotopic (exact) mass is 436 g/mol. The molecule has 0 aromatic heterocycles. The fourth-order valence-corrected chi connectivity index (χ4v) is 9.10. The predicted molar refractivity (Wildman–Crippen MR) is 123 cm³/mol. The van der Waals surface area contributed by atoms with Crippen LogP contribution in [0.2, 0.25) is 0 Å². The average Bonchev–Trinajstić information content (AvgIpc) is 3.04. The molecule has 1 N–H and O–H groups in total. The van der Waals surface area contributed by atoms with Crippen LogP contribution in [0.3, 0.4) is 0 Å². The van der Waals surface area contributed by atoms with Crippen molar-refractivity contribution in [2.45, 2.75) is 105 Å². The smallest absolute Gasteiger partial charge is 0.550 e. The summed E-state index contributed by atoms with van der Waals surface area (Å²) in [5.74, 6) is 2.63. The number of carbonyl (C=O) groups excluding carboxylic acids is 1. The largest absolute Gasteiger partial charge is 1.00 e. The molecule has 0 heterocycles. The zero-order valence-electron chi connectivity index (χ0n) is 21.5. The van der Waals surface area contributed by atoms with Gasteiger partial charge in [0.05, 0.1) is 6.10 Å². The summed E-state index contributed by atoms with van der Waals surface area (Å²) in [5.41, 5.74) is 1.29. The van der Waals surface area contributed by atoms with Crippen LogP contribution in [-0.4, -0.2) is 17.2 Å². The summed E-state index contributed by atoms with van der Waals surface area (Å²) < 4.78 is 0. The topological polar surface area (TPSA) is 60.4 Å². The molecule has 3 saturated carbocycles. The van der Waals surface area contributed by atoms with Gasteiger partial charge in [-0.2, -0.15) is 0 Å². The van der Waals surface area contributed by atoms with E-state index in [9.17, 15) is 15.0 Å². The van der Waals surface area contributed by atoms with Crippen LogP contribution in [0.15, 0.2) is 11.6 Å². The van der Waals surface area contributed by atoms with Crippen molar-refractivity contribution >= 4 is 5.97 Å². The van der Waals surface area contributed by atoms with Gasteiger partial charge in [0.2, 0.25) is 0 Å². The number of aliphatic hydroxyl groups is 1. The molecule has 4 aliphatic rings. The van der Waals surface area contributed by atoms with Gasteiger partial charge in [-0.05, 0) is 91.3 Å². The number of hydrogen-bond acceptors (Lipinski definition) is 3. The van der Waals surface area contributed by atoms with Crippen molar-refractivity contribution in [1.29, 1.82) is 0 Å². The van der Waals surface area contributed by atoms with E-state index < -0.39 is 18.0 Å². The van der Waals surface area contributed by atoms with Crippen LogP contribution in [0.5, 0.6) is 0 Å². The van der Waals surface area contributed by atoms with E-state index in [0.717, 1.165) is 30.6 Å². The van der Waals surface area contributed by atoms with Gasteiger partial charge in [0.25, 0.3) is 0 Å². The molecule has 0 spiro atoms. The van der Waals surface area contributed by atoms with Crippen molar-refractivity contribution in [3.8, 4) is 0 Å². The predicted octanol–water partition coefficient (Wildman–Crippen LogP) is 2.37. The van der Waals surface area contributed by atoms with E-state index >= 15 is 0 Å². The van der Waals surface area contributed by atoms with Gasteiger partial charge >= 0.3 is 18.9 Å². The van der Waals surface area contributed by atoms with Crippen molar-refractivity contribution in [3.63, 3.8) is 0 Å². The quantitative estimate of drug-likeness (QED) is 0.514. The minimum Gasteiger partial charge on any atom is -0.550 e. The Morgan fingerprint density at radius 1 is 1.16 bits per heavy atom. The second kappa shape index (κ2) is 9.79. The summed E-state index contributed by atoms with van der Waals surface area (Å²) in [6, 6.07) is 0. The van der Waals surface area contributed by atoms with E-state index in [-0.39, 0.29) is 24.3 Å². The minimum absolute atomic E-state index is 0. The van der Waals surface area contributed by atoms with Gasteiger partial charge in [0.15, 0.2) is 0 Å². The number of carbonyl (C=O) groups is 1. The number of allylic oxidation sites excluding steroid dienone is 1. The molecule has 0 amide bonds. The van der Waals surface area contributed by atoms with Crippen LogP contribution in [0.25, 0.3) is 0 Å². The van der Waals surface area contributed by atoms with Crippen molar-refractivity contribution < 1.29 is 33.9 Å². The third-order valence-corrected chi connectivity index (χ3v) is 10.7. The molecule has 0 bridgehead atoms. The molecule has 4 heteroatoms. The van der Waals surface area contributed by atoms with Crippen LogP contribution in [0.1, 0.15) is 98.8 Å². The maximum absolute atomic E-state index is 12.2. The standard InChI is InChI=1S/C28H46O3.Li/c1-17(2)7-6-8-18(3)22-11-12-23-21-10-9-19-15-20(29)16-25(26(30)31)28(19,5)24(21)13-14-27(22,23)4;/h9,17-18,20-25,29H,6-8,10-16H2,1-5H3,(H,30,31);/q;+1/p-1/t18-,20-,21+,22-,23+,24+,25?,27-,28+;/m1./s1. The van der Waals surface area contributed by atoms with Crippen LogP contribution in [0, 0.1) is 52.3 Å². The molecule has 0 radical (unpaired) electrons. The summed E-state index contributed by atoms with van der Waals surface area (Å²) >= 11 is 0. The summed E-state index contributed by atoms with van der Waals surface area (Å²) in [7, 11) is 0. The first-order valence-electron chi connectivity index (χ1n) is 13.2. The molecular formula is C28H45LiO3. The van der Waals surface area contributed by atoms with E-state index in [2.05, 4.69) is 40.7 Å². The number of carboxylic acid groups (broad SMARTS) is 1. The normalized spacial score (nSPS) is 44.0. The Morgan fingerprint density at radius 3 is 2.53 bits per heavy atom. The van der Waals surface area contributed by atoms with E-state index in [1.807, 2.05) is 0 Å². The minimum atomic E-state index is -0.954. The van der Waals surface area contributed by atoms with E-state index in [4.69, 9.17) is 0 Å². The summed E-state index contributed by atoms with van der Waals surface area (Å²) in [4.78, 5) is 12.2. The molecule has 0 aromatic rings. The van der Waals surface area contributed by atoms with Gasteiger partial charge in [-0.1, -0.05) is 65.5 Å². The van der Waals surface area contributed by atoms with Crippen LogP contribution < -0.4 is 24.0 Å². The van der Waals surface area contributed by atoms with Gasteiger partial charge in [0, 0.05) is 11.9 Å². The third-order valence-electron chi connectivity index (χ3n) is 10.7. The maximum atomic E-state index is 12.2. The number of aliphatic hydroxyl groups excluding tert-OH is 1. The first kappa shape index (κ1) is 26.4. The Labute approximate surface area is 208 Å². The first-order valence-corrected chi connectivity index (χ1v) is 13.2. The molecule has 0 saturated heterocycles. The number of aliphatic carboxylic acids is 1. The molecule has 32 heavy (non-hydrogen) atoms. The SMILES string of the molecule is CC(C)CCC[C@@H](C)[C@H]1CC[C@H]2[C@@H]3CC=C4C[C@@H](O)CC(C(=O)[O-])[C@]4(C)[C@H]3CC[C@]12C.[Li+]. The molecule has 0 aromatic carbocycles. The molecule has 3 nitrogen and oxygen atoms in total. The van der Waals surface area contributed by atoms with Crippen LogP contribution in [0.4, 0.5) is 0 Å². The molecule has 9 atom stereocenters. The average molecular weight is 437 g/mol. The van der Waals surface area contributed by atoms with Crippen molar-refractivity contribution in [3.05, 3.63) is 11.6 Å². The van der Waals surface area contributed by atoms with E-state index in [1.165, 1.54) is 44.1 Å². The maximum Gasteiger partial charge on any atom is 1.00 e. The number of fused-ring (bicyclic) bond motifs is 5. The van der Waals surface area contributed by atoms with Crippen LogP contribution >= 0.6 is 0 Å². The van der Waals surface area contributed by atoms with Crippen molar-refractivity contribution in [1.82, 2.24) is 0 Å². The Balaban J connectivity index is 0.00000289. The van der Waals surface area contributed by atoms with Crippen molar-refractivity contribution in [2.75, 3.05) is 0 Å². The Kier molecular flexibility index (Phi) is 8.07. The zero-order valence-corrected chi connectivity index (χ0v) is 21.5. The molecule has 3 fully saturated rings. The van der Waals surface area contributed by atoms with Crippen LogP contribution in [-0.2, 0) is 4.79 Å². The zero-order chi connectivity index (χ0) is 22.6. The molecule has 176 valence electrons. The molecular weight excluding hydrogens is 391 g/mol. The van der Waals surface area contributed by atoms with E-state index in [0.29, 0.717) is 36.0 Å². The molecule has 4 aliphatic carbocycles. The second-order valence-corrected chi connectivity index (χ2v) is 12.6. The Hall–Kier alpha value is -0.233. The number of rotatable bonds is 6. The second-order valence-electron chi connectivity index (χ2n) is 12.6. The van der Waals surface area contributed by atoms with E-state index in [1.54, 1.807) is 0 Å². The number of hydrogen-bond donors (Lipinski definition) is 1. The summed E-state index contributed by atoms with van der Waals surface area (Å²) in [5, 5.41) is 22.5. The molecule has 1 unspecified atom stereocenters. The Bertz CT molecular complexity index is 717. The Morgan fingerprint density at radius 2 is 1.88 bits per heavy atom. The molecule has 4 rings (SSSR count). The summed E-state index contributed by atoms with van der Waals surface area (Å²) in [6.45, 7) is 11.9. The fourth-order valence-electron chi connectivity index (χ4n) is 9.10. The number of carboxylic acids is 1. The van der Waals surface area contributed by atoms with Gasteiger partial charge in [-0.25, -0.2) is 0 Å². The summed E-state index contributed by atoms with van der Waals surface area (Å²) in [6.07, 6.45) is 13.0. The van der Waals surface area contributed by atoms with Gasteiger partial charge in [-0.15, -0.1) is 0 Å². The fraction of sp³-hybridized carbons (Fsp3) is 0.893. The molecule has 0 aliphatic heterocycles. The van der Waals surface area contributed by atoms with Gasteiger partial charge < -0.3 is 15.0 Å². The van der Waals surface area contributed by atoms with Crippen molar-refractivity contribution in [2.24, 2.45) is 52.3 Å². The first-order chi connectivity index (χ1) is 14.6. The van der Waals surface area contributed by atoms with Gasteiger partial charge in [0.1, 0.15) is 0 Å². The third kappa shape index (κ3) is 4.29.